The van der Waals surface area contributed by atoms with E-state index >= 15 is 0 Å². The Bertz CT molecular complexity index is 1130. The van der Waals surface area contributed by atoms with Crippen molar-refractivity contribution in [3.8, 4) is 0 Å². The van der Waals surface area contributed by atoms with Gasteiger partial charge < -0.3 is 20.4 Å². The van der Waals surface area contributed by atoms with E-state index in [1.54, 1.807) is 24.3 Å². The lowest BCUT2D eigenvalue weighted by atomic mass is 10.0. The summed E-state index contributed by atoms with van der Waals surface area (Å²) in [7, 11) is 1.45. The van der Waals surface area contributed by atoms with Crippen molar-refractivity contribution in [3.63, 3.8) is 0 Å². The first kappa shape index (κ1) is 31.5. The standard InChI is InChI=1S/C29H44N6O4S/c1-19-16-24(26(36)32-29(4,5)6)31-21(3)25(19)27(37)30-12-8-20(2)34-13-9-23(10-14-34)35(28(38)33-39-7)17-22-11-15-40-18-22/h11,15-16,18,20,23H,8-10,12-14,17H2,1-7H3,(H,30,37)(H,32,36)(H,33,38)/t20-/m1/s1. The fourth-order valence-corrected chi connectivity index (χ4v) is 5.75. The predicted octanol–water partition coefficient (Wildman–Crippen LogP) is 4.03. The van der Waals surface area contributed by atoms with E-state index < -0.39 is 0 Å². The van der Waals surface area contributed by atoms with Gasteiger partial charge in [-0.15, -0.1) is 0 Å². The third kappa shape index (κ3) is 8.74. The molecule has 0 spiro atoms. The number of piperidine rings is 1. The number of carbonyl (C=O) groups is 3. The number of aryl methyl sites for hydroxylation is 2. The first-order chi connectivity index (χ1) is 18.9. The number of hydroxylamine groups is 1. The van der Waals surface area contributed by atoms with Crippen molar-refractivity contribution in [1.82, 2.24) is 30.9 Å². The second-order valence-electron chi connectivity index (χ2n) is 11.5. The van der Waals surface area contributed by atoms with E-state index in [4.69, 9.17) is 4.84 Å². The SMILES string of the molecule is CONC(=O)N(Cc1ccsc1)C1CCN([C@H](C)CCNC(=O)c2c(C)cc(C(=O)NC(C)(C)C)nc2C)CC1. The van der Waals surface area contributed by atoms with Crippen LogP contribution < -0.4 is 16.1 Å². The molecule has 0 bridgehead atoms. The van der Waals surface area contributed by atoms with Crippen molar-refractivity contribution in [3.05, 3.63) is 51.0 Å². The molecule has 0 unspecified atom stereocenters. The zero-order valence-corrected chi connectivity index (χ0v) is 25.6. The van der Waals surface area contributed by atoms with E-state index in [2.05, 4.69) is 38.3 Å². The Morgan fingerprint density at radius 1 is 1.20 bits per heavy atom. The van der Waals surface area contributed by atoms with Crippen LogP contribution in [-0.2, 0) is 11.4 Å². The number of amides is 4. The zero-order valence-electron chi connectivity index (χ0n) is 24.8. The smallest absolute Gasteiger partial charge is 0.341 e. The van der Waals surface area contributed by atoms with Crippen LogP contribution in [0.15, 0.2) is 22.9 Å². The van der Waals surface area contributed by atoms with Gasteiger partial charge in [0.15, 0.2) is 0 Å². The van der Waals surface area contributed by atoms with Gasteiger partial charge in [-0.05, 0) is 94.8 Å². The minimum atomic E-state index is -0.370. The maximum Gasteiger partial charge on any atom is 0.341 e. The van der Waals surface area contributed by atoms with Gasteiger partial charge in [0.1, 0.15) is 5.69 Å². The van der Waals surface area contributed by atoms with Crippen LogP contribution in [0.25, 0.3) is 0 Å². The third-order valence-electron chi connectivity index (χ3n) is 7.14. The minimum Gasteiger partial charge on any atom is -0.352 e. The lowest BCUT2D eigenvalue weighted by molar-refractivity contribution is 0.0565. The predicted molar refractivity (Wildman–Crippen MR) is 157 cm³/mol. The molecule has 2 aromatic rings. The number of aromatic nitrogens is 1. The summed E-state index contributed by atoms with van der Waals surface area (Å²) in [6, 6.07) is 3.91. The zero-order chi connectivity index (χ0) is 29.4. The maximum atomic E-state index is 13.0. The molecular formula is C29H44N6O4S. The first-order valence-electron chi connectivity index (χ1n) is 13.8. The molecule has 1 atom stereocenters. The van der Waals surface area contributed by atoms with Gasteiger partial charge in [-0.1, -0.05) is 0 Å². The molecule has 0 saturated carbocycles. The Balaban J connectivity index is 1.50. The molecule has 40 heavy (non-hydrogen) atoms. The van der Waals surface area contributed by atoms with E-state index in [-0.39, 0.29) is 35.5 Å². The van der Waals surface area contributed by atoms with E-state index in [9.17, 15) is 14.4 Å². The van der Waals surface area contributed by atoms with Gasteiger partial charge in [0.05, 0.1) is 18.4 Å². The molecule has 0 aliphatic carbocycles. The molecule has 11 heteroatoms. The number of rotatable bonds is 10. The second-order valence-corrected chi connectivity index (χ2v) is 12.3. The number of carbonyl (C=O) groups excluding carboxylic acids is 3. The first-order valence-corrected chi connectivity index (χ1v) is 14.8. The van der Waals surface area contributed by atoms with Crippen LogP contribution in [-0.4, -0.2) is 77.0 Å². The molecular weight excluding hydrogens is 528 g/mol. The number of urea groups is 1. The summed E-state index contributed by atoms with van der Waals surface area (Å²) >= 11 is 1.62. The van der Waals surface area contributed by atoms with Crippen LogP contribution >= 0.6 is 11.3 Å². The summed E-state index contributed by atoms with van der Waals surface area (Å²) < 4.78 is 0. The molecule has 4 amide bonds. The molecule has 10 nitrogen and oxygen atoms in total. The van der Waals surface area contributed by atoms with Crippen LogP contribution in [0.5, 0.6) is 0 Å². The van der Waals surface area contributed by atoms with Crippen molar-refractivity contribution in [2.24, 2.45) is 0 Å². The molecule has 1 fully saturated rings. The van der Waals surface area contributed by atoms with E-state index in [1.807, 2.05) is 44.0 Å². The molecule has 3 rings (SSSR count). The van der Waals surface area contributed by atoms with E-state index in [1.165, 1.54) is 7.11 Å². The third-order valence-corrected chi connectivity index (χ3v) is 7.87. The average Bonchev–Trinajstić information content (AvgIpc) is 3.39. The molecule has 0 radical (unpaired) electrons. The summed E-state index contributed by atoms with van der Waals surface area (Å²) in [5.74, 6) is -0.429. The number of pyridine rings is 1. The summed E-state index contributed by atoms with van der Waals surface area (Å²) in [6.45, 7) is 14.4. The van der Waals surface area contributed by atoms with Crippen LogP contribution in [0.1, 0.15) is 84.6 Å². The lowest BCUT2D eigenvalue weighted by Gasteiger charge is -2.40. The highest BCUT2D eigenvalue weighted by molar-refractivity contribution is 7.07. The van der Waals surface area contributed by atoms with Gasteiger partial charge in [-0.25, -0.2) is 15.3 Å². The number of thiophene rings is 1. The molecule has 1 aliphatic rings. The minimum absolute atomic E-state index is 0.130. The quantitative estimate of drug-likeness (QED) is 0.370. The van der Waals surface area contributed by atoms with Gasteiger partial charge in [0.25, 0.3) is 11.8 Å². The topological polar surface area (TPSA) is 116 Å². The Morgan fingerprint density at radius 2 is 1.90 bits per heavy atom. The van der Waals surface area contributed by atoms with Gasteiger partial charge in [0.2, 0.25) is 0 Å². The Hall–Kier alpha value is -3.02. The van der Waals surface area contributed by atoms with Crippen LogP contribution in [0.3, 0.4) is 0 Å². The highest BCUT2D eigenvalue weighted by Crippen LogP contribution is 2.22. The summed E-state index contributed by atoms with van der Waals surface area (Å²) in [5.41, 5.74) is 5.32. The van der Waals surface area contributed by atoms with Gasteiger partial charge in [-0.3, -0.25) is 14.4 Å². The van der Waals surface area contributed by atoms with Crippen LogP contribution in [0.4, 0.5) is 4.79 Å². The fraction of sp³-hybridized carbons (Fsp3) is 0.586. The van der Waals surface area contributed by atoms with E-state index in [0.29, 0.717) is 30.0 Å². The molecule has 1 saturated heterocycles. The molecule has 3 heterocycles. The van der Waals surface area contributed by atoms with Crippen LogP contribution in [0, 0.1) is 13.8 Å². The fourth-order valence-electron chi connectivity index (χ4n) is 5.09. The largest absolute Gasteiger partial charge is 0.352 e. The Labute approximate surface area is 241 Å². The number of hydrogen-bond donors (Lipinski definition) is 3. The van der Waals surface area contributed by atoms with Gasteiger partial charge >= 0.3 is 6.03 Å². The van der Waals surface area contributed by atoms with Crippen molar-refractivity contribution >= 4 is 29.2 Å². The maximum absolute atomic E-state index is 13.0. The summed E-state index contributed by atoms with van der Waals surface area (Å²) in [5, 5.41) is 10.0. The molecule has 3 N–H and O–H groups in total. The Morgan fingerprint density at radius 3 is 2.48 bits per heavy atom. The van der Waals surface area contributed by atoms with Crippen LogP contribution in [0.2, 0.25) is 0 Å². The normalized spacial score (nSPS) is 15.4. The molecule has 2 aromatic heterocycles. The number of likely N-dealkylation sites (tertiary alicyclic amines) is 1. The highest BCUT2D eigenvalue weighted by atomic mass is 32.1. The second kappa shape index (κ2) is 14.0. The molecule has 220 valence electrons. The average molecular weight is 573 g/mol. The van der Waals surface area contributed by atoms with Crippen molar-refractivity contribution in [2.45, 2.75) is 85.0 Å². The van der Waals surface area contributed by atoms with Crippen molar-refractivity contribution in [2.75, 3.05) is 26.7 Å². The van der Waals surface area contributed by atoms with E-state index in [0.717, 1.165) is 43.5 Å². The van der Waals surface area contributed by atoms with Crippen molar-refractivity contribution < 1.29 is 19.2 Å². The lowest BCUT2D eigenvalue weighted by Crippen LogP contribution is -2.51. The Kier molecular flexibility index (Phi) is 11.1. The number of hydrogen-bond acceptors (Lipinski definition) is 7. The van der Waals surface area contributed by atoms with Crippen molar-refractivity contribution in [1.29, 1.82) is 0 Å². The summed E-state index contributed by atoms with van der Waals surface area (Å²) in [4.78, 5) is 51.8. The van der Waals surface area contributed by atoms with Gasteiger partial charge in [-0.2, -0.15) is 11.3 Å². The summed E-state index contributed by atoms with van der Waals surface area (Å²) in [6.07, 6.45) is 2.55. The number of nitrogens with one attached hydrogen (secondary N) is 3. The van der Waals surface area contributed by atoms with Gasteiger partial charge in [0, 0.05) is 43.8 Å². The highest BCUT2D eigenvalue weighted by Gasteiger charge is 2.30. The molecule has 1 aliphatic heterocycles. The molecule has 0 aromatic carbocycles. The monoisotopic (exact) mass is 572 g/mol. The number of nitrogens with zero attached hydrogens (tertiary/aromatic N) is 3.